The molecule has 2 fully saturated rings. The summed E-state index contributed by atoms with van der Waals surface area (Å²) in [5, 5.41) is 9.42. The molecule has 0 radical (unpaired) electrons. The second-order valence-electron chi connectivity index (χ2n) is 5.04. The van der Waals surface area contributed by atoms with Crippen LogP contribution in [0.5, 0.6) is 0 Å². The van der Waals surface area contributed by atoms with E-state index in [2.05, 4.69) is 28.8 Å². The summed E-state index contributed by atoms with van der Waals surface area (Å²) >= 11 is 0. The summed E-state index contributed by atoms with van der Waals surface area (Å²) < 4.78 is 0. The number of aliphatic hydroxyl groups is 1. The fourth-order valence-electron chi connectivity index (χ4n) is 2.85. The van der Waals surface area contributed by atoms with Crippen LogP contribution in [0, 0.1) is 0 Å². The molecule has 2 saturated heterocycles. The monoisotopic (exact) mass is 213 g/mol. The van der Waals surface area contributed by atoms with Gasteiger partial charge in [-0.1, -0.05) is 0 Å². The molecule has 2 aliphatic heterocycles. The Morgan fingerprint density at radius 2 is 1.80 bits per heavy atom. The van der Waals surface area contributed by atoms with Crippen LogP contribution in [0.25, 0.3) is 0 Å². The Hall–Kier alpha value is -0.160. The van der Waals surface area contributed by atoms with Gasteiger partial charge in [0.05, 0.1) is 6.61 Å². The highest BCUT2D eigenvalue weighted by atomic mass is 16.3. The molecule has 0 aromatic carbocycles. The lowest BCUT2D eigenvalue weighted by molar-refractivity contribution is 0.0238. The lowest BCUT2D eigenvalue weighted by Gasteiger charge is -2.42. The fraction of sp³-hybridized carbons (Fsp3) is 1.00. The Labute approximate surface area is 92.5 Å². The molecular weight excluding hydrogens is 190 g/mol. The zero-order chi connectivity index (χ0) is 10.8. The van der Waals surface area contributed by atoms with Crippen molar-refractivity contribution in [2.24, 2.45) is 0 Å². The molecular formula is C11H23N3O. The van der Waals surface area contributed by atoms with Gasteiger partial charge in [-0.2, -0.15) is 0 Å². The van der Waals surface area contributed by atoms with E-state index in [9.17, 15) is 5.11 Å². The van der Waals surface area contributed by atoms with Gasteiger partial charge in [-0.3, -0.25) is 4.90 Å². The predicted molar refractivity (Wildman–Crippen MR) is 61.0 cm³/mol. The lowest BCUT2D eigenvalue weighted by atomic mass is 10.1. The van der Waals surface area contributed by atoms with Gasteiger partial charge in [0.2, 0.25) is 0 Å². The molecule has 4 nitrogen and oxygen atoms in total. The first-order chi connectivity index (χ1) is 7.20. The topological polar surface area (TPSA) is 30.0 Å². The molecule has 2 rings (SSSR count). The van der Waals surface area contributed by atoms with Crippen LogP contribution in [0.15, 0.2) is 0 Å². The molecule has 2 heterocycles. The highest BCUT2D eigenvalue weighted by molar-refractivity contribution is 4.89. The minimum absolute atomic E-state index is 0.296. The predicted octanol–water partition coefficient (Wildman–Crippen LogP) is -0.701. The maximum Gasteiger partial charge on any atom is 0.0599 e. The van der Waals surface area contributed by atoms with Gasteiger partial charge in [-0.05, 0) is 27.1 Å². The normalized spacial score (nSPS) is 36.2. The van der Waals surface area contributed by atoms with E-state index in [4.69, 9.17) is 0 Å². The summed E-state index contributed by atoms with van der Waals surface area (Å²) in [5.74, 6) is 0. The van der Waals surface area contributed by atoms with Crippen molar-refractivity contribution < 1.29 is 5.11 Å². The van der Waals surface area contributed by atoms with E-state index in [-0.39, 0.29) is 0 Å². The summed E-state index contributed by atoms with van der Waals surface area (Å²) in [5.41, 5.74) is 0. The van der Waals surface area contributed by atoms with Crippen molar-refractivity contribution in [1.29, 1.82) is 0 Å². The molecule has 2 atom stereocenters. The van der Waals surface area contributed by atoms with E-state index < -0.39 is 0 Å². The number of likely N-dealkylation sites (tertiary alicyclic amines) is 1. The third-order valence-corrected chi connectivity index (χ3v) is 3.78. The zero-order valence-electron chi connectivity index (χ0n) is 9.89. The zero-order valence-corrected chi connectivity index (χ0v) is 9.89. The smallest absolute Gasteiger partial charge is 0.0599 e. The first-order valence-corrected chi connectivity index (χ1v) is 5.94. The van der Waals surface area contributed by atoms with Gasteiger partial charge in [0.1, 0.15) is 0 Å². The molecule has 15 heavy (non-hydrogen) atoms. The number of nitrogens with zero attached hydrogens (tertiary/aromatic N) is 3. The summed E-state index contributed by atoms with van der Waals surface area (Å²) in [6, 6.07) is 1.01. The Morgan fingerprint density at radius 3 is 2.40 bits per heavy atom. The highest BCUT2D eigenvalue weighted by Crippen LogP contribution is 2.19. The maximum atomic E-state index is 9.42. The van der Waals surface area contributed by atoms with Crippen LogP contribution >= 0.6 is 0 Å². The van der Waals surface area contributed by atoms with E-state index in [0.29, 0.717) is 18.7 Å². The van der Waals surface area contributed by atoms with Gasteiger partial charge < -0.3 is 14.9 Å². The largest absolute Gasteiger partial charge is 0.395 e. The van der Waals surface area contributed by atoms with E-state index in [1.165, 1.54) is 19.5 Å². The number of piperazine rings is 1. The quantitative estimate of drug-likeness (QED) is 0.657. The standard InChI is InChI=1S/C11H23N3O/c1-12-4-3-10(7-12)14-6-5-13(2)8-11(14)9-15/h10-11,15H,3-9H2,1-2H3. The first kappa shape index (κ1) is 11.3. The van der Waals surface area contributed by atoms with Gasteiger partial charge in [0.15, 0.2) is 0 Å². The average Bonchev–Trinajstić information content (AvgIpc) is 2.64. The number of hydrogen-bond donors (Lipinski definition) is 1. The van der Waals surface area contributed by atoms with Crippen molar-refractivity contribution in [1.82, 2.24) is 14.7 Å². The second kappa shape index (κ2) is 4.78. The van der Waals surface area contributed by atoms with Crippen LogP contribution in [0.3, 0.4) is 0 Å². The molecule has 0 aromatic rings. The van der Waals surface area contributed by atoms with Crippen LogP contribution in [0.2, 0.25) is 0 Å². The minimum Gasteiger partial charge on any atom is -0.395 e. The van der Waals surface area contributed by atoms with E-state index >= 15 is 0 Å². The number of rotatable bonds is 2. The van der Waals surface area contributed by atoms with Crippen molar-refractivity contribution in [2.75, 3.05) is 53.4 Å². The minimum atomic E-state index is 0.296. The van der Waals surface area contributed by atoms with Gasteiger partial charge in [-0.25, -0.2) is 0 Å². The second-order valence-corrected chi connectivity index (χ2v) is 5.04. The van der Waals surface area contributed by atoms with Crippen LogP contribution in [0.1, 0.15) is 6.42 Å². The number of aliphatic hydroxyl groups excluding tert-OH is 1. The van der Waals surface area contributed by atoms with Crippen molar-refractivity contribution in [3.8, 4) is 0 Å². The molecule has 88 valence electrons. The van der Waals surface area contributed by atoms with E-state index in [1.807, 2.05) is 0 Å². The molecule has 0 aromatic heterocycles. The fourth-order valence-corrected chi connectivity index (χ4v) is 2.85. The van der Waals surface area contributed by atoms with Crippen LogP contribution in [0.4, 0.5) is 0 Å². The third kappa shape index (κ3) is 2.50. The molecule has 0 aliphatic carbocycles. The summed E-state index contributed by atoms with van der Waals surface area (Å²) in [4.78, 5) is 7.22. The molecule has 0 saturated carbocycles. The summed E-state index contributed by atoms with van der Waals surface area (Å²) in [6.07, 6.45) is 1.26. The molecule has 2 unspecified atom stereocenters. The first-order valence-electron chi connectivity index (χ1n) is 5.94. The molecule has 0 amide bonds. The Bertz CT molecular complexity index is 210. The number of hydrogen-bond acceptors (Lipinski definition) is 4. The maximum absolute atomic E-state index is 9.42. The van der Waals surface area contributed by atoms with Crippen LogP contribution in [-0.4, -0.2) is 85.3 Å². The third-order valence-electron chi connectivity index (χ3n) is 3.78. The molecule has 0 spiro atoms. The van der Waals surface area contributed by atoms with Crippen LogP contribution in [-0.2, 0) is 0 Å². The molecule has 4 heteroatoms. The molecule has 1 N–H and O–H groups in total. The van der Waals surface area contributed by atoms with Crippen LogP contribution < -0.4 is 0 Å². The van der Waals surface area contributed by atoms with Gasteiger partial charge in [0.25, 0.3) is 0 Å². The summed E-state index contributed by atoms with van der Waals surface area (Å²) in [6.45, 7) is 5.92. The van der Waals surface area contributed by atoms with Gasteiger partial charge in [-0.15, -0.1) is 0 Å². The van der Waals surface area contributed by atoms with Crippen molar-refractivity contribution in [3.63, 3.8) is 0 Å². The summed E-state index contributed by atoms with van der Waals surface area (Å²) in [7, 11) is 4.32. The molecule has 0 bridgehead atoms. The number of likely N-dealkylation sites (N-methyl/N-ethyl adjacent to an activating group) is 2. The molecule has 2 aliphatic rings. The van der Waals surface area contributed by atoms with Crippen molar-refractivity contribution >= 4 is 0 Å². The van der Waals surface area contributed by atoms with Gasteiger partial charge >= 0.3 is 0 Å². The van der Waals surface area contributed by atoms with E-state index in [0.717, 1.165) is 19.6 Å². The highest BCUT2D eigenvalue weighted by Gasteiger charge is 2.33. The average molecular weight is 213 g/mol. The van der Waals surface area contributed by atoms with Gasteiger partial charge in [0, 0.05) is 38.3 Å². The lowest BCUT2D eigenvalue weighted by Crippen LogP contribution is -2.57. The Kier molecular flexibility index (Phi) is 3.61. The van der Waals surface area contributed by atoms with Crippen molar-refractivity contribution in [3.05, 3.63) is 0 Å². The SMILES string of the molecule is CN1CCN(C2CCN(C)C2)C(CO)C1. The Morgan fingerprint density at radius 1 is 1.07 bits per heavy atom. The Balaban J connectivity index is 1.95. The van der Waals surface area contributed by atoms with E-state index in [1.54, 1.807) is 0 Å². The van der Waals surface area contributed by atoms with Crippen molar-refractivity contribution in [2.45, 2.75) is 18.5 Å².